The van der Waals surface area contributed by atoms with Crippen molar-refractivity contribution in [1.82, 2.24) is 0 Å². The van der Waals surface area contributed by atoms with Gasteiger partial charge in [-0.15, -0.1) is 0 Å². The van der Waals surface area contributed by atoms with Crippen molar-refractivity contribution in [2.75, 3.05) is 9.80 Å². The number of nitrogens with zero attached hydrogens (tertiary/aromatic N) is 3. The number of rotatable bonds is 3. The number of hydrogen-bond donors (Lipinski definition) is 0. The lowest BCUT2D eigenvalue weighted by Crippen LogP contribution is -2.51. The van der Waals surface area contributed by atoms with Gasteiger partial charge in [0.05, 0.1) is 28.5 Å². The minimum atomic E-state index is -0.838. The molecule has 0 unspecified atom stereocenters. The number of nitro benzene ring substituents is 1. The maximum absolute atomic E-state index is 13.8. The van der Waals surface area contributed by atoms with Crippen LogP contribution in [0.1, 0.15) is 31.9 Å². The van der Waals surface area contributed by atoms with Gasteiger partial charge in [0.15, 0.2) is 5.78 Å². The third-order valence-electron chi connectivity index (χ3n) is 7.05. The molecular formula is C26H25N3O5. The van der Waals surface area contributed by atoms with Crippen LogP contribution >= 0.6 is 0 Å². The van der Waals surface area contributed by atoms with E-state index in [1.807, 2.05) is 62.1 Å². The summed E-state index contributed by atoms with van der Waals surface area (Å²) in [5.41, 5.74) is 1.72. The number of anilines is 2. The first kappa shape index (κ1) is 22.0. The zero-order valence-electron chi connectivity index (χ0n) is 19.4. The van der Waals surface area contributed by atoms with Crippen LogP contribution in [-0.2, 0) is 14.4 Å². The van der Waals surface area contributed by atoms with Gasteiger partial charge in [-0.25, -0.2) is 4.90 Å². The van der Waals surface area contributed by atoms with E-state index in [1.54, 1.807) is 6.92 Å². The molecule has 0 bridgehead atoms. The van der Waals surface area contributed by atoms with Crippen molar-refractivity contribution in [1.29, 1.82) is 0 Å². The van der Waals surface area contributed by atoms with E-state index in [0.29, 0.717) is 11.3 Å². The second-order valence-corrected chi connectivity index (χ2v) is 10.2. The quantitative estimate of drug-likeness (QED) is 0.392. The molecule has 3 aliphatic rings. The Morgan fingerprint density at radius 1 is 1.00 bits per heavy atom. The smallest absolute Gasteiger partial charge is 0.269 e. The van der Waals surface area contributed by atoms with Crippen LogP contribution in [0.3, 0.4) is 0 Å². The van der Waals surface area contributed by atoms with Gasteiger partial charge >= 0.3 is 0 Å². The van der Waals surface area contributed by atoms with Crippen molar-refractivity contribution in [3.63, 3.8) is 0 Å². The summed E-state index contributed by atoms with van der Waals surface area (Å²) in [6.07, 6.45) is 3.85. The molecule has 2 aromatic rings. The fourth-order valence-electron chi connectivity index (χ4n) is 5.50. The molecule has 2 fully saturated rings. The zero-order valence-corrected chi connectivity index (χ0v) is 19.4. The standard InChI is InChI=1S/C26H25N3O5/c1-14-13-16(29(33)34)10-12-17(14)28-24(31)20-19-11-9-15-7-5-6-8-18(15)27(19)22(21(20)25(28)32)23(30)26(2,3)4/h5-13,19-22H,1-4H3/t19-,20+,21-,22+/m1/s1. The molecule has 0 spiro atoms. The van der Waals surface area contributed by atoms with Gasteiger partial charge in [-0.3, -0.25) is 24.5 Å². The number of fused-ring (bicyclic) bond motifs is 5. The summed E-state index contributed by atoms with van der Waals surface area (Å²) in [6.45, 7) is 7.10. The van der Waals surface area contributed by atoms with E-state index in [4.69, 9.17) is 0 Å². The molecule has 34 heavy (non-hydrogen) atoms. The second kappa shape index (κ2) is 7.35. The number of ketones is 1. The number of amides is 2. The van der Waals surface area contributed by atoms with Crippen molar-refractivity contribution in [3.05, 3.63) is 69.8 Å². The minimum Gasteiger partial charge on any atom is -0.353 e. The molecule has 0 aromatic heterocycles. The van der Waals surface area contributed by atoms with Crippen LogP contribution in [0.2, 0.25) is 0 Å². The highest BCUT2D eigenvalue weighted by Crippen LogP contribution is 2.50. The van der Waals surface area contributed by atoms with E-state index in [1.165, 1.54) is 18.2 Å². The van der Waals surface area contributed by atoms with Crippen LogP contribution in [-0.4, -0.2) is 34.6 Å². The number of aryl methyl sites for hydroxylation is 1. The molecule has 8 nitrogen and oxygen atoms in total. The number of carbonyl (C=O) groups is 3. The van der Waals surface area contributed by atoms with Gasteiger partial charge in [0, 0.05) is 23.2 Å². The molecular weight excluding hydrogens is 434 g/mol. The molecule has 3 aliphatic heterocycles. The molecule has 2 saturated heterocycles. The van der Waals surface area contributed by atoms with Crippen LogP contribution < -0.4 is 9.80 Å². The largest absolute Gasteiger partial charge is 0.353 e. The molecule has 2 amide bonds. The van der Waals surface area contributed by atoms with Gasteiger partial charge in [-0.05, 0) is 30.2 Å². The van der Waals surface area contributed by atoms with Crippen LogP contribution in [0.15, 0.2) is 48.5 Å². The lowest BCUT2D eigenvalue weighted by Gasteiger charge is -2.38. The summed E-state index contributed by atoms with van der Waals surface area (Å²) in [5.74, 6) is -2.47. The summed E-state index contributed by atoms with van der Waals surface area (Å²) < 4.78 is 0. The van der Waals surface area contributed by atoms with Crippen molar-refractivity contribution in [3.8, 4) is 0 Å². The number of nitro groups is 1. The maximum Gasteiger partial charge on any atom is 0.269 e. The summed E-state index contributed by atoms with van der Waals surface area (Å²) in [6, 6.07) is 10.5. The zero-order chi connectivity index (χ0) is 24.5. The first-order valence-corrected chi connectivity index (χ1v) is 11.2. The second-order valence-electron chi connectivity index (χ2n) is 10.2. The third kappa shape index (κ3) is 3.01. The van der Waals surface area contributed by atoms with E-state index >= 15 is 0 Å². The topological polar surface area (TPSA) is 101 Å². The first-order chi connectivity index (χ1) is 16.0. The summed E-state index contributed by atoms with van der Waals surface area (Å²) in [4.78, 5) is 55.0. The van der Waals surface area contributed by atoms with Gasteiger partial charge in [-0.1, -0.05) is 51.1 Å². The fraction of sp³-hybridized carbons (Fsp3) is 0.346. The minimum absolute atomic E-state index is 0.0986. The monoisotopic (exact) mass is 459 g/mol. The van der Waals surface area contributed by atoms with Crippen LogP contribution in [0, 0.1) is 34.3 Å². The molecule has 8 heteroatoms. The number of para-hydroxylation sites is 1. The Labute approximate surface area is 197 Å². The molecule has 0 saturated carbocycles. The van der Waals surface area contributed by atoms with Crippen molar-refractivity contribution >= 4 is 40.7 Å². The highest BCUT2D eigenvalue weighted by molar-refractivity contribution is 6.25. The highest BCUT2D eigenvalue weighted by Gasteiger charge is 2.65. The molecule has 0 N–H and O–H groups in total. The number of non-ortho nitro benzene ring substituents is 1. The Balaban J connectivity index is 1.64. The van der Waals surface area contributed by atoms with Crippen molar-refractivity contribution < 1.29 is 19.3 Å². The Hall–Kier alpha value is -3.81. The van der Waals surface area contributed by atoms with E-state index in [2.05, 4.69) is 0 Å². The van der Waals surface area contributed by atoms with E-state index in [-0.39, 0.29) is 17.4 Å². The van der Waals surface area contributed by atoms with Crippen LogP contribution in [0.5, 0.6) is 0 Å². The number of hydrogen-bond acceptors (Lipinski definition) is 6. The third-order valence-corrected chi connectivity index (χ3v) is 7.05. The summed E-state index contributed by atoms with van der Waals surface area (Å²) in [7, 11) is 0. The molecule has 4 atom stereocenters. The van der Waals surface area contributed by atoms with E-state index < -0.39 is 40.2 Å². The fourth-order valence-corrected chi connectivity index (χ4v) is 5.50. The normalized spacial score (nSPS) is 25.3. The van der Waals surface area contributed by atoms with Gasteiger partial charge in [-0.2, -0.15) is 0 Å². The van der Waals surface area contributed by atoms with Crippen LogP contribution in [0.4, 0.5) is 17.1 Å². The van der Waals surface area contributed by atoms with Gasteiger partial charge < -0.3 is 4.90 Å². The van der Waals surface area contributed by atoms with Gasteiger partial charge in [0.25, 0.3) is 5.69 Å². The number of carbonyl (C=O) groups excluding carboxylic acids is 3. The average Bonchev–Trinajstić information content (AvgIpc) is 3.25. The Morgan fingerprint density at radius 2 is 1.68 bits per heavy atom. The highest BCUT2D eigenvalue weighted by atomic mass is 16.6. The predicted octanol–water partition coefficient (Wildman–Crippen LogP) is 3.91. The summed E-state index contributed by atoms with van der Waals surface area (Å²) in [5, 5.41) is 11.2. The molecule has 0 radical (unpaired) electrons. The van der Waals surface area contributed by atoms with Crippen molar-refractivity contribution in [2.24, 2.45) is 17.3 Å². The lowest BCUT2D eigenvalue weighted by atomic mass is 9.79. The first-order valence-electron chi connectivity index (χ1n) is 11.2. The maximum atomic E-state index is 13.8. The van der Waals surface area contributed by atoms with E-state index in [9.17, 15) is 24.5 Å². The Bertz CT molecular complexity index is 1290. The van der Waals surface area contributed by atoms with Gasteiger partial charge in [0.1, 0.15) is 6.04 Å². The molecule has 174 valence electrons. The Morgan fingerprint density at radius 3 is 2.32 bits per heavy atom. The SMILES string of the molecule is Cc1cc([N+](=O)[O-])ccc1N1C(=O)[C@@H]2[C@@H](C1=O)[C@@H](C(=O)C(C)(C)C)N1c3ccccc3C=C[C@H]21. The van der Waals surface area contributed by atoms with Crippen LogP contribution in [0.25, 0.3) is 6.08 Å². The summed E-state index contributed by atoms with van der Waals surface area (Å²) >= 11 is 0. The predicted molar refractivity (Wildman–Crippen MR) is 127 cm³/mol. The Kier molecular flexibility index (Phi) is 4.76. The van der Waals surface area contributed by atoms with E-state index in [0.717, 1.165) is 16.2 Å². The number of Topliss-reactive ketones (excluding diaryl/α,β-unsaturated/α-hetero) is 1. The molecule has 0 aliphatic carbocycles. The molecule has 3 heterocycles. The van der Waals surface area contributed by atoms with Gasteiger partial charge in [0.2, 0.25) is 11.8 Å². The lowest BCUT2D eigenvalue weighted by molar-refractivity contribution is -0.384. The van der Waals surface area contributed by atoms with Crippen molar-refractivity contribution in [2.45, 2.75) is 39.8 Å². The molecule has 2 aromatic carbocycles. The molecule has 5 rings (SSSR count). The average molecular weight is 460 g/mol. The number of benzene rings is 2. The number of imide groups is 1.